The van der Waals surface area contributed by atoms with E-state index >= 15 is 0 Å². The highest BCUT2D eigenvalue weighted by Gasteiger charge is 2.19. The highest BCUT2D eigenvalue weighted by atomic mass is 16.5. The van der Waals surface area contributed by atoms with Crippen LogP contribution in [0, 0.1) is 0 Å². The summed E-state index contributed by atoms with van der Waals surface area (Å²) in [5.41, 5.74) is 0.405. The van der Waals surface area contributed by atoms with Crippen LogP contribution in [0.2, 0.25) is 0 Å². The molecule has 0 bridgehead atoms. The van der Waals surface area contributed by atoms with Crippen molar-refractivity contribution in [3.63, 3.8) is 0 Å². The van der Waals surface area contributed by atoms with Gasteiger partial charge in [-0.2, -0.15) is 0 Å². The van der Waals surface area contributed by atoms with Crippen LogP contribution in [0.1, 0.15) is 43.0 Å². The van der Waals surface area contributed by atoms with Crippen molar-refractivity contribution >= 4 is 11.8 Å². The molecule has 2 amide bonds. The maximum absolute atomic E-state index is 12.5. The van der Waals surface area contributed by atoms with E-state index in [2.05, 4.69) is 5.32 Å². The number of rotatable bonds is 11. The van der Waals surface area contributed by atoms with Gasteiger partial charge in [-0.05, 0) is 50.8 Å². The molecule has 1 aromatic rings. The zero-order valence-electron chi connectivity index (χ0n) is 17.3. The number of nitrogens with zero attached hydrogens (tertiary/aromatic N) is 1. The van der Waals surface area contributed by atoms with E-state index in [1.165, 1.54) is 0 Å². The summed E-state index contributed by atoms with van der Waals surface area (Å²) in [5.74, 6) is 0.507. The van der Waals surface area contributed by atoms with Gasteiger partial charge in [-0.15, -0.1) is 0 Å². The summed E-state index contributed by atoms with van der Waals surface area (Å²) < 4.78 is 16.4. The Hall–Kier alpha value is -2.32. The molecule has 29 heavy (non-hydrogen) atoms. The second-order valence-electron chi connectivity index (χ2n) is 6.96. The number of aliphatic hydroxyl groups is 1. The normalized spacial score (nSPS) is 14.9. The number of nitrogens with one attached hydrogen (secondary N) is 1. The first-order chi connectivity index (χ1) is 14.1. The van der Waals surface area contributed by atoms with Gasteiger partial charge < -0.3 is 29.5 Å². The van der Waals surface area contributed by atoms with Crippen molar-refractivity contribution in [3.05, 3.63) is 23.8 Å². The number of benzene rings is 1. The summed E-state index contributed by atoms with van der Waals surface area (Å²) in [5, 5.41) is 12.0. The molecule has 0 spiro atoms. The van der Waals surface area contributed by atoms with Gasteiger partial charge in [-0.25, -0.2) is 0 Å². The van der Waals surface area contributed by atoms with Crippen LogP contribution in [0.3, 0.4) is 0 Å². The molecule has 8 nitrogen and oxygen atoms in total. The summed E-state index contributed by atoms with van der Waals surface area (Å²) in [4.78, 5) is 26.7. The van der Waals surface area contributed by atoms with E-state index in [0.29, 0.717) is 36.7 Å². The Morgan fingerprint density at radius 1 is 1.17 bits per heavy atom. The first kappa shape index (κ1) is 23.0. The molecule has 2 N–H and O–H groups in total. The smallest absolute Gasteiger partial charge is 0.260 e. The predicted octanol–water partition coefficient (Wildman–Crippen LogP) is 1.60. The zero-order chi connectivity index (χ0) is 21.1. The Bertz CT molecular complexity index is 655. The maximum Gasteiger partial charge on any atom is 0.260 e. The van der Waals surface area contributed by atoms with Crippen molar-refractivity contribution < 1.29 is 28.9 Å². The fourth-order valence-electron chi connectivity index (χ4n) is 3.23. The lowest BCUT2D eigenvalue weighted by molar-refractivity contribution is -0.134. The van der Waals surface area contributed by atoms with Crippen LogP contribution in [0.25, 0.3) is 0 Å². The minimum atomic E-state index is -0.294. The highest BCUT2D eigenvalue weighted by molar-refractivity contribution is 5.95. The molecule has 0 aromatic heterocycles. The highest BCUT2D eigenvalue weighted by Crippen LogP contribution is 2.29. The van der Waals surface area contributed by atoms with E-state index in [0.717, 1.165) is 32.4 Å². The molecule has 1 aliphatic rings. The third-order valence-corrected chi connectivity index (χ3v) is 4.75. The van der Waals surface area contributed by atoms with Crippen LogP contribution in [-0.2, 0) is 9.53 Å². The van der Waals surface area contributed by atoms with Gasteiger partial charge in [-0.3, -0.25) is 9.59 Å². The van der Waals surface area contributed by atoms with Crippen LogP contribution in [0.15, 0.2) is 18.2 Å². The average molecular weight is 408 g/mol. The van der Waals surface area contributed by atoms with E-state index in [9.17, 15) is 9.59 Å². The largest absolute Gasteiger partial charge is 0.490 e. The average Bonchev–Trinajstić information content (AvgIpc) is 2.73. The number of amides is 2. The molecule has 0 aliphatic carbocycles. The first-order valence-electron chi connectivity index (χ1n) is 10.2. The Morgan fingerprint density at radius 3 is 2.59 bits per heavy atom. The Labute approximate surface area is 172 Å². The van der Waals surface area contributed by atoms with Crippen molar-refractivity contribution in [3.8, 4) is 11.5 Å². The van der Waals surface area contributed by atoms with Crippen LogP contribution in [-0.4, -0.2) is 74.5 Å². The number of carbonyl (C=O) groups is 2. The van der Waals surface area contributed by atoms with E-state index in [1.807, 2.05) is 11.8 Å². The van der Waals surface area contributed by atoms with Crippen molar-refractivity contribution in [2.24, 2.45) is 0 Å². The lowest BCUT2D eigenvalue weighted by Gasteiger charge is -2.26. The molecule has 162 valence electrons. The molecule has 1 heterocycles. The maximum atomic E-state index is 12.5. The first-order valence-corrected chi connectivity index (χ1v) is 10.2. The second kappa shape index (κ2) is 12.3. The van der Waals surface area contributed by atoms with E-state index in [4.69, 9.17) is 19.3 Å². The number of piperidine rings is 1. The van der Waals surface area contributed by atoms with E-state index < -0.39 is 0 Å². The molecule has 1 aliphatic heterocycles. The number of hydrogen-bond donors (Lipinski definition) is 2. The minimum absolute atomic E-state index is 0.0413. The second-order valence-corrected chi connectivity index (χ2v) is 6.96. The van der Waals surface area contributed by atoms with Gasteiger partial charge in [0.05, 0.1) is 19.3 Å². The fraction of sp³-hybridized carbons (Fsp3) is 0.619. The number of methoxy groups -OCH3 is 1. The van der Waals surface area contributed by atoms with Gasteiger partial charge in [-0.1, -0.05) is 0 Å². The summed E-state index contributed by atoms with van der Waals surface area (Å²) in [6.07, 6.45) is 3.62. The van der Waals surface area contributed by atoms with Gasteiger partial charge in [0, 0.05) is 32.4 Å². The Morgan fingerprint density at radius 2 is 1.93 bits per heavy atom. The van der Waals surface area contributed by atoms with Crippen LogP contribution < -0.4 is 14.8 Å². The molecule has 1 aromatic carbocycles. The molecule has 0 radical (unpaired) electrons. The van der Waals surface area contributed by atoms with Crippen molar-refractivity contribution in [2.45, 2.75) is 38.6 Å². The number of carbonyl (C=O) groups excluding carboxylic acids is 2. The summed E-state index contributed by atoms with van der Waals surface area (Å²) >= 11 is 0. The number of aliphatic hydroxyl groups excluding tert-OH is 1. The third kappa shape index (κ3) is 7.21. The molecule has 0 saturated carbocycles. The van der Waals surface area contributed by atoms with Crippen LogP contribution in [0.4, 0.5) is 0 Å². The fourth-order valence-corrected chi connectivity index (χ4v) is 3.23. The molecule has 1 atom stereocenters. The van der Waals surface area contributed by atoms with Crippen molar-refractivity contribution in [2.75, 3.05) is 46.6 Å². The quantitative estimate of drug-likeness (QED) is 0.577. The Balaban J connectivity index is 2.02. The van der Waals surface area contributed by atoms with Gasteiger partial charge in [0.2, 0.25) is 0 Å². The molecular formula is C21H32N2O6. The summed E-state index contributed by atoms with van der Waals surface area (Å²) in [6.45, 7) is 3.99. The monoisotopic (exact) mass is 408 g/mol. The number of likely N-dealkylation sites (tertiary alicyclic amines) is 1. The Kier molecular flexibility index (Phi) is 9.73. The topological polar surface area (TPSA) is 97.3 Å². The van der Waals surface area contributed by atoms with Gasteiger partial charge in [0.25, 0.3) is 11.8 Å². The van der Waals surface area contributed by atoms with E-state index in [1.54, 1.807) is 25.3 Å². The van der Waals surface area contributed by atoms with E-state index in [-0.39, 0.29) is 31.1 Å². The molecule has 2 rings (SSSR count). The van der Waals surface area contributed by atoms with Gasteiger partial charge in [0.1, 0.15) is 0 Å². The lowest BCUT2D eigenvalue weighted by Crippen LogP contribution is -2.39. The third-order valence-electron chi connectivity index (χ3n) is 4.75. The van der Waals surface area contributed by atoms with Crippen molar-refractivity contribution in [1.82, 2.24) is 10.2 Å². The summed E-state index contributed by atoms with van der Waals surface area (Å²) in [7, 11) is 1.54. The van der Waals surface area contributed by atoms with Crippen LogP contribution in [0.5, 0.6) is 11.5 Å². The zero-order valence-corrected chi connectivity index (χ0v) is 17.3. The molecule has 1 saturated heterocycles. The standard InChI is InChI=1S/C21H32N2O6/c1-3-28-19-13-16(21(26)22-17(9-12-24)14-27-2)7-8-18(19)29-15-20(25)23-10-5-4-6-11-23/h7-8,13,17,24H,3-6,9-12,14-15H2,1-2H3,(H,22,26). The number of hydrogen-bond acceptors (Lipinski definition) is 6. The summed E-state index contributed by atoms with van der Waals surface area (Å²) in [6, 6.07) is 4.58. The molecule has 8 heteroatoms. The lowest BCUT2D eigenvalue weighted by atomic mass is 10.1. The molecular weight excluding hydrogens is 376 g/mol. The van der Waals surface area contributed by atoms with Crippen LogP contribution >= 0.6 is 0 Å². The number of ether oxygens (including phenoxy) is 3. The SMILES string of the molecule is CCOc1cc(C(=O)NC(CCO)COC)ccc1OCC(=O)N1CCCCC1. The van der Waals surface area contributed by atoms with Gasteiger partial charge >= 0.3 is 0 Å². The minimum Gasteiger partial charge on any atom is -0.490 e. The molecule has 1 fully saturated rings. The van der Waals surface area contributed by atoms with Crippen molar-refractivity contribution in [1.29, 1.82) is 0 Å². The predicted molar refractivity (Wildman–Crippen MR) is 108 cm³/mol. The van der Waals surface area contributed by atoms with Gasteiger partial charge in [0.15, 0.2) is 18.1 Å². The molecule has 1 unspecified atom stereocenters.